The average Bonchev–Trinajstić information content (AvgIpc) is 3.41. The molecule has 146 valence electrons. The first-order chi connectivity index (χ1) is 13.4. The third-order valence-electron chi connectivity index (χ3n) is 3.96. The Labute approximate surface area is 160 Å². The van der Waals surface area contributed by atoms with E-state index in [0.717, 1.165) is 22.7 Å². The van der Waals surface area contributed by atoms with Gasteiger partial charge in [-0.2, -0.15) is 18.3 Å². The highest BCUT2D eigenvalue weighted by Crippen LogP contribution is 2.41. The monoisotopic (exact) mass is 409 g/mol. The second-order valence-corrected chi connectivity index (χ2v) is 7.46. The van der Waals surface area contributed by atoms with E-state index in [-0.39, 0.29) is 11.6 Å². The molecular weight excluding hydrogens is 395 g/mol. The zero-order chi connectivity index (χ0) is 19.7. The molecule has 1 aliphatic rings. The van der Waals surface area contributed by atoms with Crippen LogP contribution in [0.2, 0.25) is 0 Å². The summed E-state index contributed by atoms with van der Waals surface area (Å²) in [4.78, 5) is 25.0. The Kier molecular flexibility index (Phi) is 4.84. The second-order valence-electron chi connectivity index (χ2n) is 6.31. The van der Waals surface area contributed by atoms with E-state index in [4.69, 9.17) is 0 Å². The molecule has 0 bridgehead atoms. The molecule has 3 heterocycles. The van der Waals surface area contributed by atoms with Gasteiger partial charge in [0, 0.05) is 41.0 Å². The highest BCUT2D eigenvalue weighted by Gasteiger charge is 2.29. The van der Waals surface area contributed by atoms with Gasteiger partial charge in [0.15, 0.2) is 6.61 Å². The molecule has 3 aromatic rings. The van der Waals surface area contributed by atoms with Crippen LogP contribution in [0, 0.1) is 0 Å². The van der Waals surface area contributed by atoms with E-state index in [9.17, 15) is 18.0 Å². The minimum atomic E-state index is -4.46. The first-order valence-corrected chi connectivity index (χ1v) is 9.24. The van der Waals surface area contributed by atoms with Gasteiger partial charge >= 0.3 is 12.2 Å². The molecular formula is C17H14F3N5O2S. The number of aromatic nitrogens is 5. The van der Waals surface area contributed by atoms with Crippen molar-refractivity contribution in [3.8, 4) is 17.3 Å². The lowest BCUT2D eigenvalue weighted by Gasteiger charge is -2.08. The van der Waals surface area contributed by atoms with E-state index >= 15 is 0 Å². The molecule has 0 radical (unpaired) electrons. The smallest absolute Gasteiger partial charge is 0.422 e. The summed E-state index contributed by atoms with van der Waals surface area (Å²) in [6, 6.07) is 2.50. The zero-order valence-corrected chi connectivity index (χ0v) is 15.2. The van der Waals surface area contributed by atoms with E-state index in [1.807, 2.05) is 0 Å². The van der Waals surface area contributed by atoms with Gasteiger partial charge in [0.2, 0.25) is 0 Å². The molecule has 0 N–H and O–H groups in total. The summed E-state index contributed by atoms with van der Waals surface area (Å²) in [6.07, 6.45) is 2.21. The van der Waals surface area contributed by atoms with E-state index < -0.39 is 12.8 Å². The number of hydrogen-bond donors (Lipinski definition) is 0. The average molecular weight is 409 g/mol. The molecule has 1 aliphatic carbocycles. The van der Waals surface area contributed by atoms with Gasteiger partial charge in [0.1, 0.15) is 0 Å². The molecule has 0 aromatic carbocycles. The fourth-order valence-corrected chi connectivity index (χ4v) is 3.52. The lowest BCUT2D eigenvalue weighted by molar-refractivity contribution is -0.154. The maximum Gasteiger partial charge on any atom is 0.422 e. The van der Waals surface area contributed by atoms with Gasteiger partial charge in [0.25, 0.3) is 5.56 Å². The molecule has 0 saturated heterocycles. The van der Waals surface area contributed by atoms with E-state index in [1.54, 1.807) is 17.5 Å². The molecule has 0 amide bonds. The van der Waals surface area contributed by atoms with E-state index in [1.165, 1.54) is 29.2 Å². The lowest BCUT2D eigenvalue weighted by atomic mass is 10.2. The van der Waals surface area contributed by atoms with E-state index in [2.05, 4.69) is 24.8 Å². The van der Waals surface area contributed by atoms with Gasteiger partial charge in [-0.05, 0) is 18.9 Å². The largest absolute Gasteiger partial charge is 0.454 e. The molecule has 28 heavy (non-hydrogen) atoms. The van der Waals surface area contributed by atoms with Crippen molar-refractivity contribution in [2.24, 2.45) is 0 Å². The van der Waals surface area contributed by atoms with Crippen LogP contribution < -0.4 is 10.3 Å². The molecule has 7 nitrogen and oxygen atoms in total. The molecule has 1 fully saturated rings. The zero-order valence-electron chi connectivity index (χ0n) is 14.4. The maximum atomic E-state index is 12.2. The molecule has 3 aromatic heterocycles. The van der Waals surface area contributed by atoms with Crippen LogP contribution in [-0.4, -0.2) is 37.5 Å². The number of ether oxygens (including phenoxy) is 1. The maximum absolute atomic E-state index is 12.2. The first-order valence-electron chi connectivity index (χ1n) is 8.42. The highest BCUT2D eigenvalue weighted by molar-refractivity contribution is 7.11. The standard InChI is InChI=1S/C17H14F3N5O2S/c18-17(19,20)9-27-16-22-5-11(6-23-16)13-3-4-14(26)25(24-13)8-12-7-21-15(28-12)10-1-2-10/h3-7,10H,1-2,8-9H2. The van der Waals surface area contributed by atoms with Crippen LogP contribution in [0.5, 0.6) is 6.01 Å². The van der Waals surface area contributed by atoms with Gasteiger partial charge in [-0.25, -0.2) is 19.6 Å². The van der Waals surface area contributed by atoms with Crippen molar-refractivity contribution in [3.63, 3.8) is 0 Å². The Bertz CT molecular complexity index is 1030. The van der Waals surface area contributed by atoms with Gasteiger partial charge in [-0.3, -0.25) is 4.79 Å². The van der Waals surface area contributed by atoms with E-state index in [0.29, 0.717) is 23.7 Å². The summed E-state index contributed by atoms with van der Waals surface area (Å²) in [6.45, 7) is -1.17. The second kappa shape index (κ2) is 7.30. The van der Waals surface area contributed by atoms with Crippen molar-refractivity contribution >= 4 is 11.3 Å². The molecule has 0 spiro atoms. The van der Waals surface area contributed by atoms with Crippen LogP contribution >= 0.6 is 11.3 Å². The van der Waals surface area contributed by atoms with Crippen LogP contribution in [0.15, 0.2) is 35.5 Å². The Morgan fingerprint density at radius 3 is 2.57 bits per heavy atom. The normalized spacial score (nSPS) is 14.2. The van der Waals surface area contributed by atoms with Gasteiger partial charge in [0.05, 0.1) is 17.2 Å². The highest BCUT2D eigenvalue weighted by atomic mass is 32.1. The predicted molar refractivity (Wildman–Crippen MR) is 94.3 cm³/mol. The van der Waals surface area contributed by atoms with Crippen molar-refractivity contribution in [1.82, 2.24) is 24.7 Å². The third-order valence-corrected chi connectivity index (χ3v) is 5.10. The fraction of sp³-hybridized carbons (Fsp3) is 0.353. The summed E-state index contributed by atoms with van der Waals surface area (Å²) in [5.74, 6) is 0.546. The van der Waals surface area contributed by atoms with Crippen molar-refractivity contribution in [1.29, 1.82) is 0 Å². The number of thiazole rings is 1. The SMILES string of the molecule is O=c1ccc(-c2cnc(OCC(F)(F)F)nc2)nn1Cc1cnc(C2CC2)s1. The predicted octanol–water partition coefficient (Wildman–Crippen LogP) is 3.02. The molecule has 0 aliphatic heterocycles. The van der Waals surface area contributed by atoms with Crippen LogP contribution in [0.4, 0.5) is 13.2 Å². The number of hydrogen-bond acceptors (Lipinski definition) is 7. The van der Waals surface area contributed by atoms with Gasteiger partial charge in [-0.15, -0.1) is 11.3 Å². The van der Waals surface area contributed by atoms with Crippen LogP contribution in [0.3, 0.4) is 0 Å². The number of halogens is 3. The quantitative estimate of drug-likeness (QED) is 0.622. The Balaban J connectivity index is 1.50. The Morgan fingerprint density at radius 2 is 1.89 bits per heavy atom. The molecule has 0 unspecified atom stereocenters. The Morgan fingerprint density at radius 1 is 1.14 bits per heavy atom. The van der Waals surface area contributed by atoms with Crippen LogP contribution in [0.1, 0.15) is 28.6 Å². The molecule has 4 rings (SSSR count). The van der Waals surface area contributed by atoms with Gasteiger partial charge in [-0.1, -0.05) is 0 Å². The molecule has 0 atom stereocenters. The summed E-state index contributed by atoms with van der Waals surface area (Å²) in [7, 11) is 0. The molecule has 11 heteroatoms. The summed E-state index contributed by atoms with van der Waals surface area (Å²) in [5.41, 5.74) is 0.612. The van der Waals surface area contributed by atoms with Gasteiger partial charge < -0.3 is 4.74 Å². The molecule has 1 saturated carbocycles. The Hall–Kier alpha value is -2.82. The fourth-order valence-electron chi connectivity index (χ4n) is 2.45. The van der Waals surface area contributed by atoms with Crippen LogP contribution in [-0.2, 0) is 6.54 Å². The van der Waals surface area contributed by atoms with Crippen molar-refractivity contribution in [2.75, 3.05) is 6.61 Å². The first kappa shape index (κ1) is 18.5. The third kappa shape index (κ3) is 4.53. The van der Waals surface area contributed by atoms with Crippen molar-refractivity contribution < 1.29 is 17.9 Å². The minimum absolute atomic E-state index is 0.267. The summed E-state index contributed by atoms with van der Waals surface area (Å²) >= 11 is 1.57. The van der Waals surface area contributed by atoms with Crippen molar-refractivity contribution in [2.45, 2.75) is 31.5 Å². The number of alkyl halides is 3. The van der Waals surface area contributed by atoms with Crippen molar-refractivity contribution in [3.05, 3.63) is 51.0 Å². The van der Waals surface area contributed by atoms with Crippen LogP contribution in [0.25, 0.3) is 11.3 Å². The minimum Gasteiger partial charge on any atom is -0.454 e. The topological polar surface area (TPSA) is 82.8 Å². The summed E-state index contributed by atoms with van der Waals surface area (Å²) < 4.78 is 42.3. The number of nitrogens with zero attached hydrogens (tertiary/aromatic N) is 5. The number of rotatable bonds is 6. The lowest BCUT2D eigenvalue weighted by Crippen LogP contribution is -2.22. The summed E-state index contributed by atoms with van der Waals surface area (Å²) in [5, 5.41) is 5.39.